The lowest BCUT2D eigenvalue weighted by molar-refractivity contribution is -0.0433. The molecule has 1 saturated carbocycles. The monoisotopic (exact) mass is 330 g/mol. The van der Waals surface area contributed by atoms with Crippen molar-refractivity contribution in [1.29, 1.82) is 0 Å². The Morgan fingerprint density at radius 3 is 2.73 bits per heavy atom. The average molecular weight is 330 g/mol. The summed E-state index contributed by atoms with van der Waals surface area (Å²) >= 11 is 1.66. The van der Waals surface area contributed by atoms with Gasteiger partial charge in [0.1, 0.15) is 5.82 Å². The number of hydrogen-bond acceptors (Lipinski definition) is 4. The summed E-state index contributed by atoms with van der Waals surface area (Å²) in [6.07, 6.45) is 3.65. The Bertz CT molecular complexity index is 490. The van der Waals surface area contributed by atoms with Crippen molar-refractivity contribution < 1.29 is 8.78 Å². The number of rotatable bonds is 4. The van der Waals surface area contributed by atoms with Crippen LogP contribution in [0, 0.1) is 5.92 Å². The summed E-state index contributed by atoms with van der Waals surface area (Å²) in [6.45, 7) is 2.05. The largest absolute Gasteiger partial charge is 0.316 e. The average Bonchev–Trinajstić information content (AvgIpc) is 2.88. The number of aromatic nitrogens is 3. The Morgan fingerprint density at radius 2 is 2.05 bits per heavy atom. The van der Waals surface area contributed by atoms with E-state index in [0.29, 0.717) is 24.7 Å². The fourth-order valence-corrected chi connectivity index (χ4v) is 4.44. The van der Waals surface area contributed by atoms with E-state index in [1.807, 2.05) is 7.05 Å². The molecule has 1 unspecified atom stereocenters. The normalized spacial score (nSPS) is 26.2. The topological polar surface area (TPSA) is 42.7 Å². The highest BCUT2D eigenvalue weighted by atomic mass is 32.2. The first-order valence-corrected chi connectivity index (χ1v) is 9.14. The number of nitrogens with zero attached hydrogens (tertiary/aromatic N) is 3. The number of piperidine rings is 1. The van der Waals surface area contributed by atoms with Gasteiger partial charge in [-0.25, -0.2) is 8.78 Å². The predicted molar refractivity (Wildman–Crippen MR) is 83.5 cm³/mol. The van der Waals surface area contributed by atoms with Gasteiger partial charge in [-0.3, -0.25) is 0 Å². The second-order valence-corrected chi connectivity index (χ2v) is 7.54. The van der Waals surface area contributed by atoms with Crippen molar-refractivity contribution in [3.8, 4) is 0 Å². The molecule has 1 aliphatic carbocycles. The third-order valence-corrected chi connectivity index (χ3v) is 6.07. The second kappa shape index (κ2) is 6.83. The molecule has 0 amide bonds. The van der Waals surface area contributed by atoms with Crippen molar-refractivity contribution in [2.75, 3.05) is 18.8 Å². The minimum Gasteiger partial charge on any atom is -0.316 e. The van der Waals surface area contributed by atoms with Crippen LogP contribution >= 0.6 is 11.8 Å². The van der Waals surface area contributed by atoms with Gasteiger partial charge < -0.3 is 9.88 Å². The molecule has 0 bridgehead atoms. The molecule has 1 atom stereocenters. The Balaban J connectivity index is 1.54. The first-order chi connectivity index (χ1) is 10.6. The maximum absolute atomic E-state index is 13.2. The van der Waals surface area contributed by atoms with E-state index in [9.17, 15) is 8.78 Å². The molecule has 124 valence electrons. The van der Waals surface area contributed by atoms with Crippen LogP contribution in [0.1, 0.15) is 50.3 Å². The number of thioether (sulfide) groups is 1. The van der Waals surface area contributed by atoms with Crippen LogP contribution < -0.4 is 5.32 Å². The molecule has 4 nitrogen and oxygen atoms in total. The molecule has 22 heavy (non-hydrogen) atoms. The molecular weight excluding hydrogens is 306 g/mol. The van der Waals surface area contributed by atoms with Crippen molar-refractivity contribution in [3.05, 3.63) is 5.82 Å². The van der Waals surface area contributed by atoms with Crippen molar-refractivity contribution in [3.63, 3.8) is 0 Å². The first-order valence-electron chi connectivity index (χ1n) is 8.16. The molecule has 2 heterocycles. The molecule has 1 aromatic rings. The first kappa shape index (κ1) is 16.2. The Morgan fingerprint density at radius 1 is 1.27 bits per heavy atom. The van der Waals surface area contributed by atoms with E-state index in [1.54, 1.807) is 11.8 Å². The van der Waals surface area contributed by atoms with E-state index < -0.39 is 5.92 Å². The summed E-state index contributed by atoms with van der Waals surface area (Å²) < 4.78 is 28.4. The van der Waals surface area contributed by atoms with E-state index >= 15 is 0 Å². The lowest BCUT2D eigenvalue weighted by atomic mass is 9.88. The number of halogens is 2. The molecule has 1 N–H and O–H groups in total. The van der Waals surface area contributed by atoms with Gasteiger partial charge in [-0.15, -0.1) is 10.2 Å². The summed E-state index contributed by atoms with van der Waals surface area (Å²) in [5.41, 5.74) is 0. The van der Waals surface area contributed by atoms with Gasteiger partial charge in [0.25, 0.3) is 0 Å². The number of nitrogens with one attached hydrogen (secondary N) is 1. The van der Waals surface area contributed by atoms with Crippen LogP contribution in [0.3, 0.4) is 0 Å². The maximum atomic E-state index is 13.2. The van der Waals surface area contributed by atoms with E-state index in [-0.39, 0.29) is 12.8 Å². The summed E-state index contributed by atoms with van der Waals surface area (Å²) in [4.78, 5) is 0. The van der Waals surface area contributed by atoms with Crippen molar-refractivity contribution in [2.45, 2.75) is 55.5 Å². The lowest BCUT2D eigenvalue weighted by Crippen LogP contribution is -2.29. The molecule has 0 spiro atoms. The van der Waals surface area contributed by atoms with E-state index in [1.165, 1.54) is 6.42 Å². The Hall–Kier alpha value is -0.690. The van der Waals surface area contributed by atoms with E-state index in [0.717, 1.165) is 36.2 Å². The van der Waals surface area contributed by atoms with Gasteiger partial charge in [0, 0.05) is 38.1 Å². The minimum absolute atomic E-state index is 0.0377. The van der Waals surface area contributed by atoms with Gasteiger partial charge in [0.15, 0.2) is 5.16 Å². The summed E-state index contributed by atoms with van der Waals surface area (Å²) in [5, 5.41) is 13.0. The molecule has 1 aliphatic heterocycles. The lowest BCUT2D eigenvalue weighted by Gasteiger charge is -2.27. The molecule has 7 heteroatoms. The van der Waals surface area contributed by atoms with Crippen LogP contribution in [0.4, 0.5) is 8.78 Å². The molecular formula is C15H24F2N4S. The quantitative estimate of drug-likeness (QED) is 0.861. The molecule has 0 radical (unpaired) electrons. The van der Waals surface area contributed by atoms with Crippen molar-refractivity contribution in [1.82, 2.24) is 20.1 Å². The van der Waals surface area contributed by atoms with E-state index in [2.05, 4.69) is 20.1 Å². The van der Waals surface area contributed by atoms with Gasteiger partial charge in [0.05, 0.1) is 0 Å². The van der Waals surface area contributed by atoms with Crippen LogP contribution in [0.25, 0.3) is 0 Å². The molecule has 2 aliphatic rings. The molecule has 1 saturated heterocycles. The van der Waals surface area contributed by atoms with Gasteiger partial charge in [-0.2, -0.15) is 0 Å². The predicted octanol–water partition coefficient (Wildman–Crippen LogP) is 3.20. The highest BCUT2D eigenvalue weighted by Gasteiger charge is 2.35. The third kappa shape index (κ3) is 3.79. The van der Waals surface area contributed by atoms with E-state index in [4.69, 9.17) is 0 Å². The zero-order valence-corrected chi connectivity index (χ0v) is 13.8. The van der Waals surface area contributed by atoms with Crippen LogP contribution in [-0.2, 0) is 7.05 Å². The highest BCUT2D eigenvalue weighted by Crippen LogP contribution is 2.38. The third-order valence-electron chi connectivity index (χ3n) is 4.82. The fraction of sp³-hybridized carbons (Fsp3) is 0.867. The number of alkyl halides is 2. The zero-order valence-electron chi connectivity index (χ0n) is 13.0. The molecule has 2 fully saturated rings. The highest BCUT2D eigenvalue weighted by molar-refractivity contribution is 7.99. The molecule has 1 aromatic heterocycles. The maximum Gasteiger partial charge on any atom is 0.248 e. The van der Waals surface area contributed by atoms with Crippen LogP contribution in [0.15, 0.2) is 5.16 Å². The summed E-state index contributed by atoms with van der Waals surface area (Å²) in [6, 6.07) is 0. The zero-order chi connectivity index (χ0) is 15.6. The van der Waals surface area contributed by atoms with Crippen LogP contribution in [0.2, 0.25) is 0 Å². The number of hydrogen-bond donors (Lipinski definition) is 1. The summed E-state index contributed by atoms with van der Waals surface area (Å²) in [7, 11) is 2.02. The van der Waals surface area contributed by atoms with Gasteiger partial charge in [-0.1, -0.05) is 11.8 Å². The van der Waals surface area contributed by atoms with Crippen LogP contribution in [0.5, 0.6) is 0 Å². The van der Waals surface area contributed by atoms with Gasteiger partial charge >= 0.3 is 0 Å². The summed E-state index contributed by atoms with van der Waals surface area (Å²) in [5.74, 6) is 0.290. The Kier molecular flexibility index (Phi) is 5.02. The smallest absolute Gasteiger partial charge is 0.248 e. The molecule has 0 aromatic carbocycles. The van der Waals surface area contributed by atoms with Crippen molar-refractivity contribution >= 4 is 11.8 Å². The molecule has 3 rings (SSSR count). The standard InChI is InChI=1S/C15H24F2N4S/c1-21-13(12-3-2-8-18-9-12)19-20-14(21)22-10-11-4-6-15(16,17)7-5-11/h11-12,18H,2-10H2,1H3. The second-order valence-electron chi connectivity index (χ2n) is 6.55. The SMILES string of the molecule is Cn1c(SCC2CCC(F)(F)CC2)nnc1C1CCCNC1. The van der Waals surface area contributed by atoms with Gasteiger partial charge in [0.2, 0.25) is 5.92 Å². The van der Waals surface area contributed by atoms with Crippen LogP contribution in [-0.4, -0.2) is 39.5 Å². The Labute approximate surface area is 134 Å². The van der Waals surface area contributed by atoms with Gasteiger partial charge in [-0.05, 0) is 38.1 Å². The fourth-order valence-electron chi connectivity index (χ4n) is 3.34. The van der Waals surface area contributed by atoms with Crippen molar-refractivity contribution in [2.24, 2.45) is 13.0 Å². The minimum atomic E-state index is -2.44.